The van der Waals surface area contributed by atoms with E-state index >= 15 is 0 Å². The molecule has 41 heavy (non-hydrogen) atoms. The maximum Gasteiger partial charge on any atom is 0.410 e. The molecule has 4 rings (SSSR count). The van der Waals surface area contributed by atoms with Gasteiger partial charge in [-0.05, 0) is 17.2 Å². The number of benzene rings is 2. The van der Waals surface area contributed by atoms with Crippen molar-refractivity contribution in [3.8, 4) is 0 Å². The summed E-state index contributed by atoms with van der Waals surface area (Å²) in [7, 11) is 3.71. The number of hydrogen-bond acceptors (Lipinski definition) is 7. The number of ketones is 1. The molecule has 9 nitrogen and oxygen atoms in total. The zero-order valence-corrected chi connectivity index (χ0v) is 23.9. The van der Waals surface area contributed by atoms with Crippen molar-refractivity contribution in [3.05, 3.63) is 108 Å². The predicted molar refractivity (Wildman–Crippen MR) is 156 cm³/mol. The van der Waals surface area contributed by atoms with Gasteiger partial charge in [-0.2, -0.15) is 0 Å². The van der Waals surface area contributed by atoms with Crippen molar-refractivity contribution in [2.45, 2.75) is 25.9 Å². The first-order chi connectivity index (χ1) is 19.8. The van der Waals surface area contributed by atoms with E-state index in [1.165, 1.54) is 6.92 Å². The standard InChI is InChI=1S/C32H38N4O5/c1-25(37)33-32(41-24-27-14-8-5-9-15-27)17-11-10-16-28(32)30(38)29(22-34(2)3)35-18-20-36(21-19-35)31(39)40-23-26-12-6-4-7-13-26/h4-17,22,28H,18-21,23-24H2,1-3H3,(H,33,37)/b29-22-. The van der Waals surface area contributed by atoms with E-state index in [1.54, 1.807) is 35.4 Å². The van der Waals surface area contributed by atoms with Crippen LogP contribution in [0, 0.1) is 5.92 Å². The Morgan fingerprint density at radius 3 is 2.07 bits per heavy atom. The van der Waals surface area contributed by atoms with E-state index in [4.69, 9.17) is 9.47 Å². The van der Waals surface area contributed by atoms with Crippen LogP contribution in [0.4, 0.5) is 4.79 Å². The molecule has 2 aliphatic rings. The number of allylic oxidation sites excluding steroid dienone is 3. The number of rotatable bonds is 10. The van der Waals surface area contributed by atoms with Crippen molar-refractivity contribution in [1.82, 2.24) is 20.0 Å². The van der Waals surface area contributed by atoms with E-state index in [2.05, 4.69) is 5.32 Å². The summed E-state index contributed by atoms with van der Waals surface area (Å²) < 4.78 is 11.8. The SMILES string of the molecule is CC(=O)NC1(OCc2ccccc2)C=CC=CC1C(=O)/C(=C/N(C)C)N1CCN(C(=O)OCc2ccccc2)CC1. The van der Waals surface area contributed by atoms with E-state index in [9.17, 15) is 14.4 Å². The quantitative estimate of drug-likeness (QED) is 0.351. The first-order valence-corrected chi connectivity index (χ1v) is 13.7. The van der Waals surface area contributed by atoms with Crippen molar-refractivity contribution >= 4 is 17.8 Å². The predicted octanol–water partition coefficient (Wildman–Crippen LogP) is 3.70. The molecule has 2 unspecified atom stereocenters. The highest BCUT2D eigenvalue weighted by atomic mass is 16.6. The second kappa shape index (κ2) is 13.8. The number of carbonyl (C=O) groups excluding carboxylic acids is 3. The first kappa shape index (κ1) is 29.6. The number of carbonyl (C=O) groups is 3. The third-order valence-corrected chi connectivity index (χ3v) is 6.91. The molecule has 2 amide bonds. The second-order valence-electron chi connectivity index (χ2n) is 10.3. The van der Waals surface area contributed by atoms with Crippen LogP contribution in [0.15, 0.2) is 96.9 Å². The Balaban J connectivity index is 1.48. The Bertz CT molecular complexity index is 1280. The molecule has 0 radical (unpaired) electrons. The maximum absolute atomic E-state index is 14.3. The van der Waals surface area contributed by atoms with Gasteiger partial charge in [-0.25, -0.2) is 4.79 Å². The van der Waals surface area contributed by atoms with Gasteiger partial charge in [0.15, 0.2) is 11.5 Å². The molecule has 0 saturated carbocycles. The van der Waals surface area contributed by atoms with Crippen LogP contribution in [0.3, 0.4) is 0 Å². The molecule has 0 bridgehead atoms. The van der Waals surface area contributed by atoms with Crippen molar-refractivity contribution < 1.29 is 23.9 Å². The first-order valence-electron chi connectivity index (χ1n) is 13.7. The van der Waals surface area contributed by atoms with Crippen LogP contribution in [0.2, 0.25) is 0 Å². The zero-order valence-electron chi connectivity index (χ0n) is 23.9. The van der Waals surface area contributed by atoms with Gasteiger partial charge in [-0.3, -0.25) is 9.59 Å². The average Bonchev–Trinajstić information content (AvgIpc) is 2.98. The van der Waals surface area contributed by atoms with Crippen LogP contribution in [0.1, 0.15) is 18.1 Å². The molecule has 2 atom stereocenters. The summed E-state index contributed by atoms with van der Waals surface area (Å²) >= 11 is 0. The van der Waals surface area contributed by atoms with E-state index in [1.807, 2.05) is 84.6 Å². The van der Waals surface area contributed by atoms with Crippen molar-refractivity contribution in [2.75, 3.05) is 40.3 Å². The fourth-order valence-corrected chi connectivity index (χ4v) is 4.89. The highest BCUT2D eigenvalue weighted by molar-refractivity contribution is 5.99. The lowest BCUT2D eigenvalue weighted by molar-refractivity contribution is -0.141. The Hall–Kier alpha value is -4.37. The Kier molecular flexibility index (Phi) is 9.97. The Morgan fingerprint density at radius 1 is 0.902 bits per heavy atom. The van der Waals surface area contributed by atoms with Gasteiger partial charge >= 0.3 is 6.09 Å². The molecular weight excluding hydrogens is 520 g/mol. The van der Waals surface area contributed by atoms with Gasteiger partial charge in [0.1, 0.15) is 6.61 Å². The van der Waals surface area contributed by atoms with Crippen LogP contribution >= 0.6 is 0 Å². The fourth-order valence-electron chi connectivity index (χ4n) is 4.89. The van der Waals surface area contributed by atoms with Gasteiger partial charge in [0.25, 0.3) is 0 Å². The van der Waals surface area contributed by atoms with Crippen LogP contribution in [-0.4, -0.2) is 78.5 Å². The van der Waals surface area contributed by atoms with Gasteiger partial charge in [-0.15, -0.1) is 0 Å². The summed E-state index contributed by atoms with van der Waals surface area (Å²) in [6, 6.07) is 19.2. The number of Topliss-reactive ketones (excluding diaryl/α,β-unsaturated/α-hetero) is 1. The molecule has 2 aromatic rings. The molecular formula is C32H38N4O5. The van der Waals surface area contributed by atoms with Crippen molar-refractivity contribution in [3.63, 3.8) is 0 Å². The van der Waals surface area contributed by atoms with Crippen molar-refractivity contribution in [2.24, 2.45) is 5.92 Å². The van der Waals surface area contributed by atoms with Crippen LogP contribution in [0.25, 0.3) is 0 Å². The van der Waals surface area contributed by atoms with Gasteiger partial charge in [0.05, 0.1) is 18.2 Å². The van der Waals surface area contributed by atoms with Crippen LogP contribution < -0.4 is 5.32 Å². The third kappa shape index (κ3) is 7.85. The lowest BCUT2D eigenvalue weighted by atomic mass is 9.85. The van der Waals surface area contributed by atoms with Crippen molar-refractivity contribution in [1.29, 1.82) is 0 Å². The fraction of sp³-hybridized carbons (Fsp3) is 0.344. The van der Waals surface area contributed by atoms with Gasteiger partial charge in [0, 0.05) is 53.4 Å². The zero-order chi connectivity index (χ0) is 29.2. The topological polar surface area (TPSA) is 91.4 Å². The second-order valence-corrected chi connectivity index (χ2v) is 10.3. The van der Waals surface area contributed by atoms with E-state index in [0.717, 1.165) is 11.1 Å². The smallest absolute Gasteiger partial charge is 0.410 e. The molecule has 1 fully saturated rings. The van der Waals surface area contributed by atoms with E-state index in [-0.39, 0.29) is 31.0 Å². The average molecular weight is 559 g/mol. The molecule has 1 aliphatic carbocycles. The summed E-state index contributed by atoms with van der Waals surface area (Å²) in [5.74, 6) is -1.31. The highest BCUT2D eigenvalue weighted by Gasteiger charge is 2.45. The summed E-state index contributed by atoms with van der Waals surface area (Å²) in [5, 5.41) is 2.91. The van der Waals surface area contributed by atoms with E-state index in [0.29, 0.717) is 31.9 Å². The molecule has 2 aromatic carbocycles. The third-order valence-electron chi connectivity index (χ3n) is 6.91. The van der Waals surface area contributed by atoms with Gasteiger partial charge in [-0.1, -0.05) is 78.9 Å². The minimum Gasteiger partial charge on any atom is -0.445 e. The van der Waals surface area contributed by atoms with Gasteiger partial charge < -0.3 is 29.5 Å². The lowest BCUT2D eigenvalue weighted by Gasteiger charge is -2.41. The van der Waals surface area contributed by atoms with E-state index < -0.39 is 11.6 Å². The summed E-state index contributed by atoms with van der Waals surface area (Å²) in [6.07, 6.45) is 8.48. The van der Waals surface area contributed by atoms with Crippen LogP contribution in [-0.2, 0) is 32.3 Å². The summed E-state index contributed by atoms with van der Waals surface area (Å²) in [6.45, 7) is 3.56. The number of ether oxygens (including phenoxy) is 2. The minimum absolute atomic E-state index is 0.193. The molecule has 0 aromatic heterocycles. The molecule has 1 saturated heterocycles. The largest absolute Gasteiger partial charge is 0.445 e. The number of nitrogens with zero attached hydrogens (tertiary/aromatic N) is 3. The number of piperazine rings is 1. The molecule has 1 heterocycles. The molecule has 1 aliphatic heterocycles. The highest BCUT2D eigenvalue weighted by Crippen LogP contribution is 2.32. The molecule has 1 N–H and O–H groups in total. The number of hydrogen-bond donors (Lipinski definition) is 1. The minimum atomic E-state index is -1.36. The van der Waals surface area contributed by atoms with Crippen LogP contribution in [0.5, 0.6) is 0 Å². The lowest BCUT2D eigenvalue weighted by Crippen LogP contribution is -2.58. The van der Waals surface area contributed by atoms with Gasteiger partial charge in [0.2, 0.25) is 5.91 Å². The monoisotopic (exact) mass is 558 g/mol. The molecule has 9 heteroatoms. The summed E-state index contributed by atoms with van der Waals surface area (Å²) in [5.41, 5.74) is 0.969. The normalized spacial score (nSPS) is 20.5. The molecule has 0 spiro atoms. The maximum atomic E-state index is 14.3. The Labute approximate surface area is 241 Å². The Morgan fingerprint density at radius 2 is 1.49 bits per heavy atom. The number of nitrogens with one attached hydrogen (secondary N) is 1. The number of amides is 2. The molecule has 216 valence electrons. The summed E-state index contributed by atoms with van der Waals surface area (Å²) in [4.78, 5) is 44.8.